The van der Waals surface area contributed by atoms with Crippen LogP contribution in [0.3, 0.4) is 0 Å². The third-order valence-electron chi connectivity index (χ3n) is 6.32. The molecule has 1 aliphatic heterocycles. The Morgan fingerprint density at radius 3 is 2.15 bits per heavy atom. The van der Waals surface area contributed by atoms with E-state index in [2.05, 4.69) is 10.3 Å². The molecule has 9 nitrogen and oxygen atoms in total. The van der Waals surface area contributed by atoms with Crippen LogP contribution in [0.4, 0.5) is 8.78 Å². The lowest BCUT2D eigenvalue weighted by Gasteiger charge is -2.43. The fourth-order valence-electron chi connectivity index (χ4n) is 4.60. The Morgan fingerprint density at radius 2 is 1.56 bits per heavy atom. The van der Waals surface area contributed by atoms with E-state index in [4.69, 9.17) is 0 Å². The number of aromatic nitrogens is 1. The van der Waals surface area contributed by atoms with Gasteiger partial charge in [-0.05, 0) is 43.2 Å². The fraction of sp³-hybridized carbons (Fsp3) is 0.250. The van der Waals surface area contributed by atoms with Crippen LogP contribution in [0.15, 0.2) is 67.0 Å². The Labute approximate surface area is 223 Å². The molecule has 3 aromatic rings. The van der Waals surface area contributed by atoms with Gasteiger partial charge < -0.3 is 20.2 Å². The van der Waals surface area contributed by atoms with E-state index in [1.165, 1.54) is 29.4 Å². The number of benzene rings is 2. The van der Waals surface area contributed by atoms with E-state index < -0.39 is 54.0 Å². The standard InChI is InChI=1S/C28H26F2N4O5/c1-17-4-2-5-19(12-17)23(16-24(35)36)32-25(37)26-33(27(38)18-6-8-31-9-7-18)10-3-11-34(26)28(39)20-13-21(29)15-22(30)14-20/h2,4-9,12-15,23,26H,3,10-11,16H2,1H3,(H,32,37)(H,35,36). The predicted molar refractivity (Wildman–Crippen MR) is 135 cm³/mol. The number of pyridine rings is 1. The van der Waals surface area contributed by atoms with Crippen LogP contribution in [0.2, 0.25) is 0 Å². The number of carbonyl (C=O) groups is 4. The van der Waals surface area contributed by atoms with Crippen LogP contribution in [0.25, 0.3) is 0 Å². The third-order valence-corrected chi connectivity index (χ3v) is 6.32. The van der Waals surface area contributed by atoms with Crippen molar-refractivity contribution in [2.45, 2.75) is 32.0 Å². The van der Waals surface area contributed by atoms with E-state index in [1.54, 1.807) is 18.2 Å². The normalized spacial score (nSPS) is 15.9. The number of hydrogen-bond acceptors (Lipinski definition) is 5. The summed E-state index contributed by atoms with van der Waals surface area (Å²) in [7, 11) is 0. The molecule has 0 saturated carbocycles. The molecule has 1 saturated heterocycles. The number of carboxylic acids is 1. The van der Waals surface area contributed by atoms with Gasteiger partial charge in [0, 0.05) is 42.7 Å². The highest BCUT2D eigenvalue weighted by Crippen LogP contribution is 2.24. The Morgan fingerprint density at radius 1 is 0.949 bits per heavy atom. The van der Waals surface area contributed by atoms with E-state index in [-0.39, 0.29) is 24.2 Å². The molecule has 0 radical (unpaired) electrons. The smallest absolute Gasteiger partial charge is 0.305 e. The van der Waals surface area contributed by atoms with Gasteiger partial charge in [0.05, 0.1) is 12.5 Å². The number of aliphatic carboxylic acids is 1. The highest BCUT2D eigenvalue weighted by molar-refractivity contribution is 6.01. The van der Waals surface area contributed by atoms with Crippen LogP contribution in [-0.2, 0) is 9.59 Å². The van der Waals surface area contributed by atoms with Gasteiger partial charge in [-0.1, -0.05) is 29.8 Å². The summed E-state index contributed by atoms with van der Waals surface area (Å²) in [6.07, 6.45) is 1.14. The number of carbonyl (C=O) groups excluding carboxylic acids is 3. The average Bonchev–Trinajstić information content (AvgIpc) is 2.91. The Balaban J connectivity index is 1.73. The van der Waals surface area contributed by atoms with Crippen molar-refractivity contribution in [3.63, 3.8) is 0 Å². The largest absolute Gasteiger partial charge is 0.481 e. The number of hydrogen-bond donors (Lipinski definition) is 2. The molecule has 2 atom stereocenters. The second kappa shape index (κ2) is 11.8. The first-order valence-electron chi connectivity index (χ1n) is 12.2. The fourth-order valence-corrected chi connectivity index (χ4v) is 4.60. The number of carboxylic acid groups (broad SMARTS) is 1. The quantitative estimate of drug-likeness (QED) is 0.478. The molecule has 2 N–H and O–H groups in total. The van der Waals surface area contributed by atoms with Crippen molar-refractivity contribution >= 4 is 23.7 Å². The van der Waals surface area contributed by atoms with Crippen LogP contribution in [0.1, 0.15) is 50.7 Å². The predicted octanol–water partition coefficient (Wildman–Crippen LogP) is 3.31. The molecule has 0 aliphatic carbocycles. The zero-order valence-electron chi connectivity index (χ0n) is 21.0. The summed E-state index contributed by atoms with van der Waals surface area (Å²) >= 11 is 0. The zero-order valence-corrected chi connectivity index (χ0v) is 21.0. The third kappa shape index (κ3) is 6.43. The Kier molecular flexibility index (Phi) is 8.28. The maximum absolute atomic E-state index is 13.9. The first-order chi connectivity index (χ1) is 18.6. The Hall–Kier alpha value is -4.67. The van der Waals surface area contributed by atoms with Crippen LogP contribution in [0.5, 0.6) is 0 Å². The molecule has 4 rings (SSSR count). The van der Waals surface area contributed by atoms with E-state index in [9.17, 15) is 33.1 Å². The summed E-state index contributed by atoms with van der Waals surface area (Å²) in [5.74, 6) is -5.34. The topological polar surface area (TPSA) is 120 Å². The van der Waals surface area contributed by atoms with Crippen LogP contribution in [-0.4, -0.2) is 62.8 Å². The number of aryl methyl sites for hydroxylation is 1. The van der Waals surface area contributed by atoms with Crippen molar-refractivity contribution in [1.29, 1.82) is 0 Å². The molecule has 1 aromatic heterocycles. The number of nitrogens with zero attached hydrogens (tertiary/aromatic N) is 3. The van der Waals surface area contributed by atoms with Crippen molar-refractivity contribution in [3.8, 4) is 0 Å². The summed E-state index contributed by atoms with van der Waals surface area (Å²) < 4.78 is 27.9. The van der Waals surface area contributed by atoms with Gasteiger partial charge >= 0.3 is 5.97 Å². The van der Waals surface area contributed by atoms with Crippen LogP contribution in [0, 0.1) is 18.6 Å². The molecule has 2 unspecified atom stereocenters. The number of nitrogens with one attached hydrogen (secondary N) is 1. The highest BCUT2D eigenvalue weighted by atomic mass is 19.1. The number of halogens is 2. The molecule has 0 bridgehead atoms. The Bertz CT molecular complexity index is 1380. The molecular weight excluding hydrogens is 510 g/mol. The molecule has 1 fully saturated rings. The van der Waals surface area contributed by atoms with E-state index >= 15 is 0 Å². The van der Waals surface area contributed by atoms with Gasteiger partial charge in [-0.25, -0.2) is 8.78 Å². The second-order valence-corrected chi connectivity index (χ2v) is 9.19. The lowest BCUT2D eigenvalue weighted by Crippen LogP contribution is -2.63. The first kappa shape index (κ1) is 27.4. The molecule has 39 heavy (non-hydrogen) atoms. The van der Waals surface area contributed by atoms with Gasteiger partial charge in [-0.3, -0.25) is 24.2 Å². The van der Waals surface area contributed by atoms with Gasteiger partial charge in [-0.2, -0.15) is 0 Å². The van der Waals surface area contributed by atoms with Crippen molar-refractivity contribution in [2.75, 3.05) is 13.1 Å². The lowest BCUT2D eigenvalue weighted by atomic mass is 10.0. The van der Waals surface area contributed by atoms with E-state index in [0.717, 1.165) is 22.6 Å². The van der Waals surface area contributed by atoms with Gasteiger partial charge in [0.2, 0.25) is 0 Å². The molecule has 11 heteroatoms. The van der Waals surface area contributed by atoms with Crippen molar-refractivity contribution in [1.82, 2.24) is 20.1 Å². The minimum absolute atomic E-state index is 0.0171. The molecule has 2 aromatic carbocycles. The lowest BCUT2D eigenvalue weighted by molar-refractivity contribution is -0.138. The SMILES string of the molecule is Cc1cccc(C(CC(=O)O)NC(=O)C2N(C(=O)c3ccncc3)CCCN2C(=O)c2cc(F)cc(F)c2)c1. The molecule has 1 aliphatic rings. The summed E-state index contributed by atoms with van der Waals surface area (Å²) in [5.41, 5.74) is 1.26. The minimum atomic E-state index is -1.51. The van der Waals surface area contributed by atoms with Gasteiger partial charge in [0.25, 0.3) is 17.7 Å². The molecule has 2 heterocycles. The molecular formula is C28H26F2N4O5. The van der Waals surface area contributed by atoms with Gasteiger partial charge in [0.15, 0.2) is 6.17 Å². The number of rotatable bonds is 7. The zero-order chi connectivity index (χ0) is 28.1. The van der Waals surface area contributed by atoms with E-state index in [1.807, 2.05) is 13.0 Å². The molecule has 3 amide bonds. The van der Waals surface area contributed by atoms with E-state index in [0.29, 0.717) is 18.1 Å². The summed E-state index contributed by atoms with van der Waals surface area (Å²) in [4.78, 5) is 58.6. The monoisotopic (exact) mass is 536 g/mol. The maximum Gasteiger partial charge on any atom is 0.305 e. The summed E-state index contributed by atoms with van der Waals surface area (Å²) in [5, 5.41) is 12.2. The van der Waals surface area contributed by atoms with Crippen LogP contribution < -0.4 is 5.32 Å². The highest BCUT2D eigenvalue weighted by Gasteiger charge is 2.41. The van der Waals surface area contributed by atoms with Crippen molar-refractivity contribution < 1.29 is 33.1 Å². The number of amides is 3. The molecule has 202 valence electrons. The first-order valence-corrected chi connectivity index (χ1v) is 12.2. The molecule has 0 spiro atoms. The minimum Gasteiger partial charge on any atom is -0.481 e. The van der Waals surface area contributed by atoms with Crippen molar-refractivity contribution in [3.05, 3.63) is 101 Å². The van der Waals surface area contributed by atoms with Gasteiger partial charge in [-0.15, -0.1) is 0 Å². The van der Waals surface area contributed by atoms with Crippen molar-refractivity contribution in [2.24, 2.45) is 0 Å². The summed E-state index contributed by atoms with van der Waals surface area (Å²) in [6.45, 7) is 1.94. The van der Waals surface area contributed by atoms with Crippen LogP contribution >= 0.6 is 0 Å². The summed E-state index contributed by atoms with van der Waals surface area (Å²) in [6, 6.07) is 11.2. The average molecular weight is 537 g/mol. The maximum atomic E-state index is 13.9. The second-order valence-electron chi connectivity index (χ2n) is 9.19. The van der Waals surface area contributed by atoms with Gasteiger partial charge in [0.1, 0.15) is 11.6 Å².